The van der Waals surface area contributed by atoms with Crippen molar-refractivity contribution >= 4 is 23.4 Å². The third kappa shape index (κ3) is 3.62. The summed E-state index contributed by atoms with van der Waals surface area (Å²) >= 11 is 5.33. The van der Waals surface area contributed by atoms with Gasteiger partial charge in [0, 0.05) is 5.56 Å². The summed E-state index contributed by atoms with van der Waals surface area (Å²) in [4.78, 5) is 14.7. The van der Waals surface area contributed by atoms with Crippen LogP contribution in [0.1, 0.15) is 12.5 Å². The van der Waals surface area contributed by atoms with E-state index >= 15 is 0 Å². The van der Waals surface area contributed by atoms with E-state index in [4.69, 9.17) is 16.3 Å². The van der Waals surface area contributed by atoms with Gasteiger partial charge in [0.15, 0.2) is 0 Å². The van der Waals surface area contributed by atoms with Crippen molar-refractivity contribution in [1.29, 1.82) is 0 Å². The molecule has 0 saturated heterocycles. The molecular weight excluding hydrogens is 233 g/mol. The molecule has 0 bridgehead atoms. The van der Waals surface area contributed by atoms with Crippen LogP contribution in [0.25, 0.3) is 0 Å². The lowest BCUT2D eigenvalue weighted by Crippen LogP contribution is -2.10. The van der Waals surface area contributed by atoms with Gasteiger partial charge in [0.2, 0.25) is 5.90 Å². The molecule has 0 aliphatic rings. The molecule has 0 atom stereocenters. The molecule has 0 aliphatic carbocycles. The molecule has 0 radical (unpaired) electrons. The molecule has 0 fully saturated rings. The van der Waals surface area contributed by atoms with E-state index in [1.807, 2.05) is 0 Å². The Bertz CT molecular complexity index is 407. The molecular formula is C11H11ClFNO2. The van der Waals surface area contributed by atoms with Crippen LogP contribution in [0.15, 0.2) is 29.3 Å². The topological polar surface area (TPSA) is 38.7 Å². The van der Waals surface area contributed by atoms with Gasteiger partial charge in [0.05, 0.1) is 6.61 Å². The fourth-order valence-corrected chi connectivity index (χ4v) is 1.14. The first-order valence-corrected chi connectivity index (χ1v) is 5.27. The number of rotatable bonds is 3. The number of nitrogens with zero attached hydrogens (tertiary/aromatic N) is 1. The number of benzene rings is 1. The van der Waals surface area contributed by atoms with Crippen LogP contribution in [0, 0.1) is 5.82 Å². The molecule has 16 heavy (non-hydrogen) atoms. The third-order valence-corrected chi connectivity index (χ3v) is 1.92. The quantitative estimate of drug-likeness (QED) is 0.464. The maximum Gasteiger partial charge on any atom is 0.263 e. The Morgan fingerprint density at radius 2 is 2.31 bits per heavy atom. The predicted octanol–water partition coefficient (Wildman–Crippen LogP) is 2.37. The average Bonchev–Trinajstić information content (AvgIpc) is 2.28. The lowest BCUT2D eigenvalue weighted by Gasteiger charge is -2.06. The zero-order chi connectivity index (χ0) is 12.0. The van der Waals surface area contributed by atoms with Gasteiger partial charge in [-0.1, -0.05) is 6.07 Å². The number of halogens is 2. The summed E-state index contributed by atoms with van der Waals surface area (Å²) in [6, 6.07) is 5.68. The average molecular weight is 244 g/mol. The maximum absolute atomic E-state index is 13.0. The first kappa shape index (κ1) is 12.6. The van der Waals surface area contributed by atoms with Crippen LogP contribution in [0.2, 0.25) is 0 Å². The molecule has 1 rings (SSSR count). The number of hydrogen-bond acceptors (Lipinski definition) is 2. The highest BCUT2D eigenvalue weighted by Gasteiger charge is 2.08. The number of carbonyl (C=O) groups excluding carboxylic acids is 1. The van der Waals surface area contributed by atoms with E-state index in [2.05, 4.69) is 4.99 Å². The molecule has 1 amide bonds. The zero-order valence-electron chi connectivity index (χ0n) is 8.74. The van der Waals surface area contributed by atoms with Crippen LogP contribution < -0.4 is 0 Å². The molecule has 86 valence electrons. The first-order chi connectivity index (χ1) is 7.67. The van der Waals surface area contributed by atoms with Gasteiger partial charge in [0.1, 0.15) is 11.7 Å². The van der Waals surface area contributed by atoms with Gasteiger partial charge in [-0.25, -0.2) is 4.39 Å². The van der Waals surface area contributed by atoms with Gasteiger partial charge < -0.3 is 4.74 Å². The van der Waals surface area contributed by atoms with Crippen molar-refractivity contribution < 1.29 is 13.9 Å². The second-order valence-corrected chi connectivity index (χ2v) is 3.15. The van der Waals surface area contributed by atoms with Crippen molar-refractivity contribution in [2.45, 2.75) is 6.92 Å². The Hall–Kier alpha value is -1.42. The Balaban J connectivity index is 3.02. The highest BCUT2D eigenvalue weighted by molar-refractivity contribution is 6.28. The molecule has 0 aliphatic heterocycles. The van der Waals surface area contributed by atoms with Gasteiger partial charge in [-0.2, -0.15) is 4.99 Å². The minimum atomic E-state index is -0.519. The van der Waals surface area contributed by atoms with Crippen molar-refractivity contribution in [2.24, 2.45) is 4.99 Å². The normalized spacial score (nSPS) is 11.3. The lowest BCUT2D eigenvalue weighted by atomic mass is 10.2. The molecule has 0 N–H and O–H groups in total. The van der Waals surface area contributed by atoms with Crippen molar-refractivity contribution in [3.05, 3.63) is 35.6 Å². The Morgan fingerprint density at radius 3 is 2.88 bits per heavy atom. The molecule has 5 heteroatoms. The molecule has 0 heterocycles. The van der Waals surface area contributed by atoms with Gasteiger partial charge >= 0.3 is 0 Å². The standard InChI is InChI=1S/C11H11ClFNO2/c1-2-16-11(14-10(15)7-12)8-4-3-5-9(13)6-8/h3-6H,2,7H2,1H3. The predicted molar refractivity (Wildman–Crippen MR) is 60.3 cm³/mol. The summed E-state index contributed by atoms with van der Waals surface area (Å²) in [5, 5.41) is 0. The Kier molecular flexibility index (Phi) is 4.92. The minimum Gasteiger partial charge on any atom is -0.477 e. The third-order valence-electron chi connectivity index (χ3n) is 1.69. The number of aliphatic imine (C=N–C) groups is 1. The smallest absolute Gasteiger partial charge is 0.263 e. The monoisotopic (exact) mass is 243 g/mol. The Labute approximate surface area is 97.9 Å². The number of amides is 1. The summed E-state index contributed by atoms with van der Waals surface area (Å²) < 4.78 is 18.1. The summed E-state index contributed by atoms with van der Waals surface area (Å²) in [5.74, 6) is -1.07. The van der Waals surface area contributed by atoms with Gasteiger partial charge in [-0.3, -0.25) is 4.79 Å². The van der Waals surface area contributed by atoms with Crippen LogP contribution in [0.5, 0.6) is 0 Å². The fourth-order valence-electron chi connectivity index (χ4n) is 1.08. The highest BCUT2D eigenvalue weighted by Crippen LogP contribution is 2.07. The van der Waals surface area contributed by atoms with E-state index in [1.165, 1.54) is 18.2 Å². The van der Waals surface area contributed by atoms with Crippen molar-refractivity contribution in [3.63, 3.8) is 0 Å². The number of carbonyl (C=O) groups is 1. The van der Waals surface area contributed by atoms with E-state index in [0.717, 1.165) is 0 Å². The maximum atomic E-state index is 13.0. The second kappa shape index (κ2) is 6.23. The van der Waals surface area contributed by atoms with Crippen molar-refractivity contribution in [1.82, 2.24) is 0 Å². The fraction of sp³-hybridized carbons (Fsp3) is 0.273. The van der Waals surface area contributed by atoms with E-state index in [1.54, 1.807) is 13.0 Å². The van der Waals surface area contributed by atoms with E-state index in [-0.39, 0.29) is 11.8 Å². The van der Waals surface area contributed by atoms with E-state index in [0.29, 0.717) is 12.2 Å². The van der Waals surface area contributed by atoms with Gasteiger partial charge in [-0.15, -0.1) is 11.6 Å². The zero-order valence-corrected chi connectivity index (χ0v) is 9.50. The van der Waals surface area contributed by atoms with E-state index in [9.17, 15) is 9.18 Å². The summed E-state index contributed by atoms with van der Waals surface area (Å²) in [7, 11) is 0. The second-order valence-electron chi connectivity index (χ2n) is 2.89. The molecule has 3 nitrogen and oxygen atoms in total. The minimum absolute atomic E-state index is 0.0904. The summed E-state index contributed by atoms with van der Waals surface area (Å²) in [6.07, 6.45) is 0. The van der Waals surface area contributed by atoms with Gasteiger partial charge in [-0.05, 0) is 25.1 Å². The van der Waals surface area contributed by atoms with Gasteiger partial charge in [0.25, 0.3) is 5.91 Å². The van der Waals surface area contributed by atoms with Crippen LogP contribution >= 0.6 is 11.6 Å². The number of ether oxygens (including phenoxy) is 1. The van der Waals surface area contributed by atoms with Crippen LogP contribution in [-0.2, 0) is 9.53 Å². The van der Waals surface area contributed by atoms with Crippen molar-refractivity contribution in [2.75, 3.05) is 12.5 Å². The van der Waals surface area contributed by atoms with Crippen LogP contribution in [0.4, 0.5) is 4.39 Å². The Morgan fingerprint density at radius 1 is 1.56 bits per heavy atom. The van der Waals surface area contributed by atoms with Crippen molar-refractivity contribution in [3.8, 4) is 0 Å². The largest absolute Gasteiger partial charge is 0.477 e. The molecule has 0 spiro atoms. The summed E-state index contributed by atoms with van der Waals surface area (Å²) in [5.41, 5.74) is 0.417. The molecule has 1 aromatic rings. The molecule has 0 saturated carbocycles. The highest BCUT2D eigenvalue weighted by atomic mass is 35.5. The van der Waals surface area contributed by atoms with Crippen LogP contribution in [0.3, 0.4) is 0 Å². The number of hydrogen-bond donors (Lipinski definition) is 0. The molecule has 0 aromatic heterocycles. The lowest BCUT2D eigenvalue weighted by molar-refractivity contribution is -0.115. The molecule has 0 unspecified atom stereocenters. The first-order valence-electron chi connectivity index (χ1n) is 4.73. The SMILES string of the molecule is CCOC(=NC(=O)CCl)c1cccc(F)c1. The molecule has 1 aromatic carbocycles. The van der Waals surface area contributed by atoms with E-state index < -0.39 is 11.7 Å². The number of alkyl halides is 1. The van der Waals surface area contributed by atoms with Crippen LogP contribution in [-0.4, -0.2) is 24.3 Å². The summed E-state index contributed by atoms with van der Waals surface area (Å²) in [6.45, 7) is 2.09.